The quantitative estimate of drug-likeness (QED) is 0.673. The number of hydrogen-bond acceptors (Lipinski definition) is 6. The molecule has 0 aliphatic heterocycles. The summed E-state index contributed by atoms with van der Waals surface area (Å²) in [4.78, 5) is 0. The lowest BCUT2D eigenvalue weighted by Crippen LogP contribution is -2.29. The Morgan fingerprint density at radius 1 is 0.833 bits per heavy atom. The first kappa shape index (κ1) is 15.9. The van der Waals surface area contributed by atoms with Crippen molar-refractivity contribution in [2.24, 2.45) is 11.8 Å². The maximum absolute atomic E-state index is 10.9. The van der Waals surface area contributed by atoms with E-state index in [1.54, 1.807) is 0 Å². The molecule has 2 atom stereocenters. The van der Waals surface area contributed by atoms with E-state index >= 15 is 0 Å². The van der Waals surface area contributed by atoms with Gasteiger partial charge in [-0.1, -0.05) is 12.8 Å². The van der Waals surface area contributed by atoms with Crippen LogP contribution < -0.4 is 0 Å². The molecular weight excluding hydrogens is 280 g/mol. The van der Waals surface area contributed by atoms with Gasteiger partial charge in [-0.05, 0) is 24.7 Å². The molecule has 108 valence electrons. The molecule has 0 amide bonds. The fraction of sp³-hybridized carbons (Fsp3) is 1.00. The fourth-order valence-corrected chi connectivity index (χ4v) is 2.99. The molecule has 1 aliphatic carbocycles. The third kappa shape index (κ3) is 6.67. The van der Waals surface area contributed by atoms with Crippen molar-refractivity contribution in [2.45, 2.75) is 25.7 Å². The zero-order valence-electron chi connectivity index (χ0n) is 10.7. The van der Waals surface area contributed by atoms with Crippen LogP contribution in [-0.2, 0) is 28.6 Å². The summed E-state index contributed by atoms with van der Waals surface area (Å²) in [6.07, 6.45) is 5.72. The van der Waals surface area contributed by atoms with Crippen molar-refractivity contribution in [3.05, 3.63) is 0 Å². The van der Waals surface area contributed by atoms with E-state index in [2.05, 4.69) is 0 Å². The first-order valence-corrected chi connectivity index (χ1v) is 9.49. The van der Waals surface area contributed by atoms with Crippen LogP contribution in [0.25, 0.3) is 0 Å². The van der Waals surface area contributed by atoms with Crippen molar-refractivity contribution in [3.8, 4) is 0 Å². The first-order valence-electron chi connectivity index (χ1n) is 5.86. The lowest BCUT2D eigenvalue weighted by atomic mass is 9.80. The first-order chi connectivity index (χ1) is 8.17. The number of rotatable bonds is 6. The normalized spacial score (nSPS) is 26.1. The third-order valence-corrected chi connectivity index (χ3v) is 4.19. The summed E-state index contributed by atoms with van der Waals surface area (Å²) in [5, 5.41) is 0. The van der Waals surface area contributed by atoms with Gasteiger partial charge < -0.3 is 0 Å². The predicted octanol–water partition coefficient (Wildman–Crippen LogP) is 0.745. The molecule has 1 unspecified atom stereocenters. The second kappa shape index (κ2) is 6.31. The monoisotopic (exact) mass is 300 g/mol. The lowest BCUT2D eigenvalue weighted by Gasteiger charge is -2.30. The molecule has 1 fully saturated rings. The van der Waals surface area contributed by atoms with Gasteiger partial charge in [-0.2, -0.15) is 16.8 Å². The van der Waals surface area contributed by atoms with E-state index in [9.17, 15) is 16.8 Å². The molecule has 0 spiro atoms. The molecule has 8 heteroatoms. The van der Waals surface area contributed by atoms with E-state index in [0.717, 1.165) is 38.2 Å². The van der Waals surface area contributed by atoms with Crippen molar-refractivity contribution in [3.63, 3.8) is 0 Å². The van der Waals surface area contributed by atoms with Crippen LogP contribution in [0.1, 0.15) is 25.7 Å². The fourth-order valence-electron chi connectivity index (χ4n) is 2.15. The van der Waals surface area contributed by atoms with Crippen molar-refractivity contribution >= 4 is 20.2 Å². The molecule has 0 radical (unpaired) electrons. The van der Waals surface area contributed by atoms with Gasteiger partial charge in [-0.25, -0.2) is 0 Å². The van der Waals surface area contributed by atoms with Crippen molar-refractivity contribution < 1.29 is 25.2 Å². The minimum atomic E-state index is -3.45. The highest BCUT2D eigenvalue weighted by Gasteiger charge is 2.27. The molecule has 0 saturated heterocycles. The smallest absolute Gasteiger partial charge is 0.264 e. The molecule has 0 aromatic carbocycles. The Balaban J connectivity index is 2.52. The Morgan fingerprint density at radius 3 is 1.44 bits per heavy atom. The van der Waals surface area contributed by atoms with Crippen LogP contribution in [0.5, 0.6) is 0 Å². The van der Waals surface area contributed by atoms with E-state index in [1.807, 2.05) is 0 Å². The topological polar surface area (TPSA) is 86.7 Å². The largest absolute Gasteiger partial charge is 0.270 e. The molecule has 1 aliphatic rings. The van der Waals surface area contributed by atoms with Crippen molar-refractivity contribution in [2.75, 3.05) is 25.7 Å². The molecule has 18 heavy (non-hydrogen) atoms. The Labute approximate surface area is 109 Å². The molecule has 0 aromatic heterocycles. The average molecular weight is 300 g/mol. The molecule has 1 rings (SSSR count). The molecule has 0 N–H and O–H groups in total. The molecule has 0 bridgehead atoms. The van der Waals surface area contributed by atoms with Crippen molar-refractivity contribution in [1.82, 2.24) is 0 Å². The Bertz CT molecular complexity index is 409. The average Bonchev–Trinajstić information content (AvgIpc) is 2.22. The van der Waals surface area contributed by atoms with Crippen molar-refractivity contribution in [1.29, 1.82) is 0 Å². The molecule has 0 heterocycles. The van der Waals surface area contributed by atoms with E-state index in [0.29, 0.717) is 0 Å². The summed E-state index contributed by atoms with van der Waals surface area (Å²) in [7, 11) is -6.90. The maximum Gasteiger partial charge on any atom is 0.264 e. The molecule has 6 nitrogen and oxygen atoms in total. The summed E-state index contributed by atoms with van der Waals surface area (Å²) in [6, 6.07) is 0. The molecule has 1 saturated carbocycles. The Morgan fingerprint density at radius 2 is 1.17 bits per heavy atom. The van der Waals surface area contributed by atoms with Gasteiger partial charge in [0, 0.05) is 0 Å². The van der Waals surface area contributed by atoms with Crippen LogP contribution in [0, 0.1) is 11.8 Å². The van der Waals surface area contributed by atoms with Gasteiger partial charge in [0.1, 0.15) is 0 Å². The van der Waals surface area contributed by atoms with E-state index in [-0.39, 0.29) is 25.0 Å². The summed E-state index contributed by atoms with van der Waals surface area (Å²) >= 11 is 0. The predicted molar refractivity (Wildman–Crippen MR) is 67.0 cm³/mol. The summed E-state index contributed by atoms with van der Waals surface area (Å²) < 4.78 is 53.4. The second-order valence-corrected chi connectivity index (χ2v) is 8.07. The van der Waals surface area contributed by atoms with Gasteiger partial charge in [-0.3, -0.25) is 8.37 Å². The van der Waals surface area contributed by atoms with Crippen LogP contribution in [0.3, 0.4) is 0 Å². The highest BCUT2D eigenvalue weighted by Crippen LogP contribution is 2.31. The second-order valence-electron chi connectivity index (χ2n) is 4.78. The zero-order chi connectivity index (χ0) is 13.8. The summed E-state index contributed by atoms with van der Waals surface area (Å²) in [5.74, 6) is 0.0745. The van der Waals surface area contributed by atoms with E-state index in [1.165, 1.54) is 0 Å². The molecular formula is C10H20O6S2. The summed E-state index contributed by atoms with van der Waals surface area (Å²) in [5.41, 5.74) is 0. The third-order valence-electron chi connectivity index (χ3n) is 3.06. The van der Waals surface area contributed by atoms with E-state index < -0.39 is 20.2 Å². The maximum atomic E-state index is 10.9. The van der Waals surface area contributed by atoms with Gasteiger partial charge in [0.2, 0.25) is 0 Å². The summed E-state index contributed by atoms with van der Waals surface area (Å²) in [6.45, 7) is 0.216. The lowest BCUT2D eigenvalue weighted by molar-refractivity contribution is 0.111. The SMILES string of the molecule is CS(=O)(=O)OCC1CCCC[C@H]1COS(C)(=O)=O. The highest BCUT2D eigenvalue weighted by molar-refractivity contribution is 7.86. The van der Waals surface area contributed by atoms with Crippen LogP contribution >= 0.6 is 0 Å². The van der Waals surface area contributed by atoms with E-state index in [4.69, 9.17) is 8.37 Å². The Hall–Kier alpha value is -0.180. The van der Waals surface area contributed by atoms with Crippen LogP contribution in [0.4, 0.5) is 0 Å². The van der Waals surface area contributed by atoms with Gasteiger partial charge in [0.05, 0.1) is 25.7 Å². The van der Waals surface area contributed by atoms with Gasteiger partial charge in [-0.15, -0.1) is 0 Å². The van der Waals surface area contributed by atoms with Crippen LogP contribution in [0.2, 0.25) is 0 Å². The zero-order valence-corrected chi connectivity index (χ0v) is 12.3. The van der Waals surface area contributed by atoms with Gasteiger partial charge in [0.25, 0.3) is 20.2 Å². The number of hydrogen-bond donors (Lipinski definition) is 0. The van der Waals surface area contributed by atoms with Gasteiger partial charge >= 0.3 is 0 Å². The standard InChI is InChI=1S/C10H20O6S2/c1-17(11,12)15-7-9-5-3-4-6-10(9)8-16-18(2,13)14/h9-10H,3-8H2,1-2H3/t9-,10?/m0/s1. The minimum absolute atomic E-state index is 0.0372. The molecule has 0 aromatic rings. The van der Waals surface area contributed by atoms with Crippen LogP contribution in [0.15, 0.2) is 0 Å². The highest BCUT2D eigenvalue weighted by atomic mass is 32.2. The van der Waals surface area contributed by atoms with Crippen LogP contribution in [-0.4, -0.2) is 42.6 Å². The minimum Gasteiger partial charge on any atom is -0.270 e. The Kier molecular flexibility index (Phi) is 5.57. The van der Waals surface area contributed by atoms with Gasteiger partial charge in [0.15, 0.2) is 0 Å².